The molecule has 6 heteroatoms. The minimum Gasteiger partial charge on any atom is -0.306 e. The Morgan fingerprint density at radius 3 is 2.57 bits per heavy atom. The Morgan fingerprint density at radius 2 is 1.87 bits per heavy atom. The number of carbonyl (C=O) groups is 1. The molecule has 3 heterocycles. The van der Waals surface area contributed by atoms with E-state index in [1.807, 2.05) is 19.2 Å². The molecule has 3 aromatic rings. The van der Waals surface area contributed by atoms with E-state index in [0.717, 1.165) is 71.9 Å². The van der Waals surface area contributed by atoms with Gasteiger partial charge in [-0.3, -0.25) is 4.79 Å². The third-order valence-electron chi connectivity index (χ3n) is 5.94. The molecule has 0 bridgehead atoms. The van der Waals surface area contributed by atoms with Crippen molar-refractivity contribution in [3.8, 4) is 11.1 Å². The monoisotopic (exact) mass is 403 g/mol. The highest BCUT2D eigenvalue weighted by Crippen LogP contribution is 2.29. The molecule has 1 fully saturated rings. The first-order valence-electron chi connectivity index (χ1n) is 10.5. The van der Waals surface area contributed by atoms with Gasteiger partial charge < -0.3 is 14.2 Å². The van der Waals surface area contributed by atoms with Crippen molar-refractivity contribution in [2.45, 2.75) is 26.7 Å². The zero-order valence-electron chi connectivity index (χ0n) is 18.2. The molecule has 0 spiro atoms. The van der Waals surface area contributed by atoms with E-state index in [4.69, 9.17) is 4.99 Å². The molecular formula is C24H29N5O. The number of amidine groups is 1. The molecule has 30 heavy (non-hydrogen) atoms. The van der Waals surface area contributed by atoms with E-state index in [0.29, 0.717) is 5.92 Å². The number of pyridine rings is 1. The van der Waals surface area contributed by atoms with Gasteiger partial charge in [0, 0.05) is 25.4 Å². The van der Waals surface area contributed by atoms with Gasteiger partial charge in [-0.2, -0.15) is 0 Å². The Bertz CT molecular complexity index is 1090. The van der Waals surface area contributed by atoms with Gasteiger partial charge in [0.05, 0.1) is 11.4 Å². The summed E-state index contributed by atoms with van der Waals surface area (Å²) in [5.41, 5.74) is 6.26. The quantitative estimate of drug-likeness (QED) is 0.375. The standard InChI is InChI=1S/C24H29N5O/c1-17-13-20(21-6-8-23-25-18(2)14-29(23)15-21)5-7-22(17)26-24(28(4)16-30)19-9-11-27(3)12-10-19/h5-8,13-16,19H,9-12H2,1-4H3/b26-24-. The fourth-order valence-corrected chi connectivity index (χ4v) is 4.15. The largest absolute Gasteiger partial charge is 0.306 e. The lowest BCUT2D eigenvalue weighted by Gasteiger charge is -2.31. The van der Waals surface area contributed by atoms with Crippen molar-refractivity contribution >= 4 is 23.6 Å². The number of carbonyl (C=O) groups excluding carboxylic acids is 1. The first-order valence-corrected chi connectivity index (χ1v) is 10.5. The maximum Gasteiger partial charge on any atom is 0.214 e. The summed E-state index contributed by atoms with van der Waals surface area (Å²) in [5, 5.41) is 0. The lowest BCUT2D eigenvalue weighted by Crippen LogP contribution is -2.39. The number of hydrogen-bond acceptors (Lipinski definition) is 4. The fraction of sp³-hybridized carbons (Fsp3) is 0.375. The van der Waals surface area contributed by atoms with Gasteiger partial charge in [-0.25, -0.2) is 9.98 Å². The van der Waals surface area contributed by atoms with Crippen LogP contribution in [0, 0.1) is 19.8 Å². The topological polar surface area (TPSA) is 53.2 Å². The average molecular weight is 404 g/mol. The smallest absolute Gasteiger partial charge is 0.214 e. The number of rotatable bonds is 4. The van der Waals surface area contributed by atoms with Crippen molar-refractivity contribution in [3.63, 3.8) is 0 Å². The maximum absolute atomic E-state index is 11.5. The summed E-state index contributed by atoms with van der Waals surface area (Å²) < 4.78 is 2.06. The van der Waals surface area contributed by atoms with Crippen LogP contribution in [-0.2, 0) is 4.79 Å². The van der Waals surface area contributed by atoms with Gasteiger partial charge in [0.25, 0.3) is 0 Å². The zero-order chi connectivity index (χ0) is 21.3. The van der Waals surface area contributed by atoms with Gasteiger partial charge in [-0.1, -0.05) is 6.07 Å². The predicted molar refractivity (Wildman–Crippen MR) is 121 cm³/mol. The van der Waals surface area contributed by atoms with Gasteiger partial charge in [0.15, 0.2) is 0 Å². The second kappa shape index (κ2) is 8.40. The average Bonchev–Trinajstić information content (AvgIpc) is 3.12. The normalized spacial score (nSPS) is 16.2. The first-order chi connectivity index (χ1) is 14.4. The van der Waals surface area contributed by atoms with E-state index in [1.165, 1.54) is 0 Å². The molecule has 0 aliphatic carbocycles. The van der Waals surface area contributed by atoms with E-state index in [2.05, 4.69) is 58.7 Å². The number of aliphatic imine (C=N–C) groups is 1. The molecule has 6 nitrogen and oxygen atoms in total. The number of imidazole rings is 1. The van der Waals surface area contributed by atoms with Crippen LogP contribution in [-0.4, -0.2) is 58.6 Å². The molecule has 1 aromatic carbocycles. The third kappa shape index (κ3) is 4.14. The number of nitrogens with zero attached hydrogens (tertiary/aromatic N) is 5. The number of aryl methyl sites for hydroxylation is 2. The second-order valence-electron chi connectivity index (χ2n) is 8.33. The summed E-state index contributed by atoms with van der Waals surface area (Å²) in [6.45, 7) is 6.15. The number of piperidine rings is 1. The van der Waals surface area contributed by atoms with Crippen LogP contribution < -0.4 is 0 Å². The Morgan fingerprint density at radius 1 is 1.13 bits per heavy atom. The van der Waals surface area contributed by atoms with Crippen LogP contribution in [0.3, 0.4) is 0 Å². The molecule has 1 aliphatic heterocycles. The van der Waals surface area contributed by atoms with Crippen LogP contribution in [0.4, 0.5) is 5.69 Å². The molecule has 1 saturated heterocycles. The molecule has 0 N–H and O–H groups in total. The number of likely N-dealkylation sites (tertiary alicyclic amines) is 1. The van der Waals surface area contributed by atoms with Crippen molar-refractivity contribution in [2.24, 2.45) is 10.9 Å². The van der Waals surface area contributed by atoms with Crippen molar-refractivity contribution < 1.29 is 4.79 Å². The summed E-state index contributed by atoms with van der Waals surface area (Å²) in [4.78, 5) is 24.9. The number of hydrogen-bond donors (Lipinski definition) is 0. The van der Waals surface area contributed by atoms with E-state index >= 15 is 0 Å². The summed E-state index contributed by atoms with van der Waals surface area (Å²) in [6.07, 6.45) is 7.05. The SMILES string of the molecule is Cc1cn2cc(-c3ccc(/N=C(/C4CCN(C)CC4)N(C)C=O)c(C)c3)ccc2n1. The molecule has 0 radical (unpaired) electrons. The molecule has 156 valence electrons. The Kier molecular flexibility index (Phi) is 5.68. The molecule has 2 aromatic heterocycles. The molecule has 0 saturated carbocycles. The third-order valence-corrected chi connectivity index (χ3v) is 5.94. The van der Waals surface area contributed by atoms with Crippen LogP contribution >= 0.6 is 0 Å². The second-order valence-corrected chi connectivity index (χ2v) is 8.33. The summed E-state index contributed by atoms with van der Waals surface area (Å²) in [5.74, 6) is 1.17. The van der Waals surface area contributed by atoms with Crippen LogP contribution in [0.2, 0.25) is 0 Å². The van der Waals surface area contributed by atoms with Gasteiger partial charge in [0.2, 0.25) is 6.41 Å². The van der Waals surface area contributed by atoms with Crippen molar-refractivity contribution in [2.75, 3.05) is 27.2 Å². The van der Waals surface area contributed by atoms with E-state index in [-0.39, 0.29) is 0 Å². The molecule has 0 atom stereocenters. The summed E-state index contributed by atoms with van der Waals surface area (Å²) in [7, 11) is 3.94. The minimum absolute atomic E-state index is 0.308. The van der Waals surface area contributed by atoms with E-state index in [1.54, 1.807) is 11.9 Å². The van der Waals surface area contributed by atoms with Crippen LogP contribution in [0.15, 0.2) is 47.7 Å². The van der Waals surface area contributed by atoms with Crippen molar-refractivity contribution in [1.82, 2.24) is 19.2 Å². The van der Waals surface area contributed by atoms with Crippen molar-refractivity contribution in [3.05, 3.63) is 54.0 Å². The van der Waals surface area contributed by atoms with Crippen LogP contribution in [0.5, 0.6) is 0 Å². The first kappa shape index (κ1) is 20.3. The van der Waals surface area contributed by atoms with Crippen molar-refractivity contribution in [1.29, 1.82) is 0 Å². The number of aromatic nitrogens is 2. The maximum atomic E-state index is 11.5. The number of fused-ring (bicyclic) bond motifs is 1. The Hall–Kier alpha value is -2.99. The Balaban J connectivity index is 1.65. The highest BCUT2D eigenvalue weighted by molar-refractivity contribution is 5.94. The lowest BCUT2D eigenvalue weighted by atomic mass is 9.95. The van der Waals surface area contributed by atoms with E-state index in [9.17, 15) is 4.79 Å². The zero-order valence-corrected chi connectivity index (χ0v) is 18.2. The number of amides is 1. The summed E-state index contributed by atoms with van der Waals surface area (Å²) >= 11 is 0. The molecule has 0 unspecified atom stereocenters. The highest BCUT2D eigenvalue weighted by Gasteiger charge is 2.24. The van der Waals surface area contributed by atoms with Gasteiger partial charge in [-0.05, 0) is 87.8 Å². The van der Waals surface area contributed by atoms with Gasteiger partial charge in [0.1, 0.15) is 11.5 Å². The molecule has 1 amide bonds. The lowest BCUT2D eigenvalue weighted by molar-refractivity contribution is -0.114. The molecule has 1 aliphatic rings. The number of benzene rings is 1. The van der Waals surface area contributed by atoms with Crippen LogP contribution in [0.25, 0.3) is 16.8 Å². The van der Waals surface area contributed by atoms with Gasteiger partial charge in [-0.15, -0.1) is 0 Å². The summed E-state index contributed by atoms with van der Waals surface area (Å²) in [6, 6.07) is 10.5. The van der Waals surface area contributed by atoms with Crippen LogP contribution in [0.1, 0.15) is 24.1 Å². The highest BCUT2D eigenvalue weighted by atomic mass is 16.1. The minimum atomic E-state index is 0.308. The molecular weight excluding hydrogens is 374 g/mol. The fourth-order valence-electron chi connectivity index (χ4n) is 4.15. The van der Waals surface area contributed by atoms with E-state index < -0.39 is 0 Å². The predicted octanol–water partition coefficient (Wildman–Crippen LogP) is 4.08. The molecule has 4 rings (SSSR count). The van der Waals surface area contributed by atoms with Gasteiger partial charge >= 0.3 is 0 Å². The Labute approximate surface area is 177 Å².